The van der Waals surface area contributed by atoms with Crippen LogP contribution < -0.4 is 5.73 Å². The Bertz CT molecular complexity index is 444. The van der Waals surface area contributed by atoms with Crippen LogP contribution in [0.25, 0.3) is 5.52 Å². The lowest BCUT2D eigenvalue weighted by Crippen LogP contribution is -2.12. The molecule has 0 amide bonds. The van der Waals surface area contributed by atoms with Gasteiger partial charge in [0.15, 0.2) is 0 Å². The van der Waals surface area contributed by atoms with Gasteiger partial charge in [0.1, 0.15) is 0 Å². The first-order chi connectivity index (χ1) is 6.25. The van der Waals surface area contributed by atoms with Crippen molar-refractivity contribution in [2.24, 2.45) is 5.73 Å². The third kappa shape index (κ3) is 1.51. The number of nitrogens with two attached hydrogens (primary N) is 1. The van der Waals surface area contributed by atoms with E-state index in [1.807, 2.05) is 22.7 Å². The van der Waals surface area contributed by atoms with Crippen molar-refractivity contribution in [2.75, 3.05) is 0 Å². The van der Waals surface area contributed by atoms with Gasteiger partial charge in [0.25, 0.3) is 0 Å². The summed E-state index contributed by atoms with van der Waals surface area (Å²) in [6.07, 6.45) is 5.95. The van der Waals surface area contributed by atoms with Gasteiger partial charge in [-0.2, -0.15) is 0 Å². The number of rotatable bonds is 2. The second-order valence-corrected chi connectivity index (χ2v) is 2.97. The van der Waals surface area contributed by atoms with Gasteiger partial charge < -0.3 is 10.1 Å². The number of hydrogen-bond donors (Lipinski definition) is 2. The Morgan fingerprint density at radius 2 is 2.38 bits per heavy atom. The minimum atomic E-state index is 0.180. The molecule has 0 aliphatic heterocycles. The summed E-state index contributed by atoms with van der Waals surface area (Å²) in [5.41, 5.74) is 7.38. The molecule has 3 N–H and O–H groups in total. The molecule has 0 saturated heterocycles. The van der Waals surface area contributed by atoms with E-state index in [0.717, 1.165) is 11.1 Å². The fraction of sp³-hybridized carbons (Fsp3) is 0.111. The van der Waals surface area contributed by atoms with Crippen molar-refractivity contribution in [1.29, 1.82) is 5.41 Å². The van der Waals surface area contributed by atoms with Gasteiger partial charge >= 0.3 is 0 Å². The first kappa shape index (κ1) is 7.79. The highest BCUT2D eigenvalue weighted by atomic mass is 15.0. The Hall–Kier alpha value is -1.84. The van der Waals surface area contributed by atoms with E-state index >= 15 is 0 Å². The van der Waals surface area contributed by atoms with Crippen LogP contribution in [-0.4, -0.2) is 15.2 Å². The molecule has 2 heterocycles. The molecule has 4 nitrogen and oxygen atoms in total. The molecule has 13 heavy (non-hydrogen) atoms. The molecule has 0 saturated carbocycles. The maximum atomic E-state index is 7.16. The zero-order valence-corrected chi connectivity index (χ0v) is 7.07. The highest BCUT2D eigenvalue weighted by Gasteiger charge is 1.97. The van der Waals surface area contributed by atoms with E-state index < -0.39 is 0 Å². The van der Waals surface area contributed by atoms with E-state index in [1.54, 1.807) is 12.5 Å². The van der Waals surface area contributed by atoms with Crippen LogP contribution in [0.2, 0.25) is 0 Å². The van der Waals surface area contributed by atoms with Crippen LogP contribution in [-0.2, 0) is 6.42 Å². The third-order valence-electron chi connectivity index (χ3n) is 1.86. The normalized spacial score (nSPS) is 10.5. The predicted molar refractivity (Wildman–Crippen MR) is 50.8 cm³/mol. The minimum Gasteiger partial charge on any atom is -0.387 e. The SMILES string of the molecule is N=C(N)Cc1ccc2cncn2c1. The lowest BCUT2D eigenvalue weighted by atomic mass is 10.2. The molecule has 0 aromatic carbocycles. The number of fused-ring (bicyclic) bond motifs is 1. The van der Waals surface area contributed by atoms with E-state index in [-0.39, 0.29) is 5.84 Å². The average Bonchev–Trinajstić information content (AvgIpc) is 2.49. The minimum absolute atomic E-state index is 0.180. The number of pyridine rings is 1. The van der Waals surface area contributed by atoms with Gasteiger partial charge in [-0.3, -0.25) is 5.41 Å². The Kier molecular flexibility index (Phi) is 1.73. The Balaban J connectivity index is 2.42. The Labute approximate surface area is 75.5 Å². The molecule has 0 unspecified atom stereocenters. The van der Waals surface area contributed by atoms with Gasteiger partial charge in [-0.1, -0.05) is 6.07 Å². The van der Waals surface area contributed by atoms with Crippen LogP contribution in [0.3, 0.4) is 0 Å². The summed E-state index contributed by atoms with van der Waals surface area (Å²) in [5.74, 6) is 0.180. The molecule has 0 spiro atoms. The topological polar surface area (TPSA) is 67.2 Å². The van der Waals surface area contributed by atoms with Crippen molar-refractivity contribution in [3.63, 3.8) is 0 Å². The molecule has 2 rings (SSSR count). The summed E-state index contributed by atoms with van der Waals surface area (Å²) < 4.78 is 1.91. The Morgan fingerprint density at radius 3 is 3.15 bits per heavy atom. The molecule has 2 aromatic rings. The van der Waals surface area contributed by atoms with Crippen molar-refractivity contribution in [3.05, 3.63) is 36.4 Å². The number of amidine groups is 1. The van der Waals surface area contributed by atoms with Crippen LogP contribution >= 0.6 is 0 Å². The van der Waals surface area contributed by atoms with Gasteiger partial charge in [0.05, 0.1) is 23.9 Å². The van der Waals surface area contributed by atoms with Crippen molar-refractivity contribution >= 4 is 11.4 Å². The number of nitrogens with zero attached hydrogens (tertiary/aromatic N) is 2. The van der Waals surface area contributed by atoms with Gasteiger partial charge in [-0.05, 0) is 11.6 Å². The van der Waals surface area contributed by atoms with E-state index in [9.17, 15) is 0 Å². The van der Waals surface area contributed by atoms with Crippen molar-refractivity contribution in [3.8, 4) is 0 Å². The highest BCUT2D eigenvalue weighted by molar-refractivity contribution is 5.79. The number of aromatic nitrogens is 2. The van der Waals surface area contributed by atoms with E-state index in [2.05, 4.69) is 4.98 Å². The van der Waals surface area contributed by atoms with E-state index in [4.69, 9.17) is 11.1 Å². The molecule has 2 aromatic heterocycles. The maximum absolute atomic E-state index is 7.16. The van der Waals surface area contributed by atoms with Gasteiger partial charge in [-0.15, -0.1) is 0 Å². The third-order valence-corrected chi connectivity index (χ3v) is 1.86. The quantitative estimate of drug-likeness (QED) is 0.522. The second-order valence-electron chi connectivity index (χ2n) is 2.97. The molecule has 0 aliphatic rings. The lowest BCUT2D eigenvalue weighted by Gasteiger charge is -2.00. The fourth-order valence-corrected chi connectivity index (χ4v) is 1.29. The number of imidazole rings is 1. The lowest BCUT2D eigenvalue weighted by molar-refractivity contribution is 1.11. The zero-order valence-electron chi connectivity index (χ0n) is 7.07. The monoisotopic (exact) mass is 174 g/mol. The smallest absolute Gasteiger partial charge is 0.0992 e. The second kappa shape index (κ2) is 2.90. The molecular formula is C9H10N4. The fourth-order valence-electron chi connectivity index (χ4n) is 1.29. The maximum Gasteiger partial charge on any atom is 0.0992 e. The van der Waals surface area contributed by atoms with Crippen molar-refractivity contribution in [1.82, 2.24) is 9.38 Å². The Morgan fingerprint density at radius 1 is 1.54 bits per heavy atom. The molecule has 0 bridgehead atoms. The highest BCUT2D eigenvalue weighted by Crippen LogP contribution is 2.05. The van der Waals surface area contributed by atoms with Crippen LogP contribution in [0, 0.1) is 5.41 Å². The number of hydrogen-bond acceptors (Lipinski definition) is 2. The summed E-state index contributed by atoms with van der Waals surface area (Å²) in [5, 5.41) is 7.16. The summed E-state index contributed by atoms with van der Waals surface area (Å²) in [6, 6.07) is 3.92. The largest absolute Gasteiger partial charge is 0.387 e. The summed E-state index contributed by atoms with van der Waals surface area (Å²) >= 11 is 0. The van der Waals surface area contributed by atoms with Crippen molar-refractivity contribution in [2.45, 2.75) is 6.42 Å². The summed E-state index contributed by atoms with van der Waals surface area (Å²) in [7, 11) is 0. The molecule has 0 fully saturated rings. The number of nitrogens with one attached hydrogen (secondary N) is 1. The molecule has 0 radical (unpaired) electrons. The zero-order chi connectivity index (χ0) is 9.26. The van der Waals surface area contributed by atoms with Crippen molar-refractivity contribution < 1.29 is 0 Å². The predicted octanol–water partition coefficient (Wildman–Crippen LogP) is 0.813. The standard InChI is InChI=1S/C9H10N4/c10-9(11)3-7-1-2-8-4-12-6-13(8)5-7/h1-2,4-6H,3H2,(H3,10,11). The first-order valence-electron chi connectivity index (χ1n) is 3.99. The van der Waals surface area contributed by atoms with E-state index in [1.165, 1.54) is 0 Å². The average molecular weight is 174 g/mol. The molecule has 0 aliphatic carbocycles. The van der Waals surface area contributed by atoms with Crippen LogP contribution in [0.5, 0.6) is 0 Å². The summed E-state index contributed by atoms with van der Waals surface area (Å²) in [4.78, 5) is 4.00. The van der Waals surface area contributed by atoms with Crippen LogP contribution in [0.1, 0.15) is 5.56 Å². The van der Waals surface area contributed by atoms with Gasteiger partial charge in [0, 0.05) is 12.6 Å². The van der Waals surface area contributed by atoms with Crippen LogP contribution in [0.15, 0.2) is 30.9 Å². The molecular weight excluding hydrogens is 164 g/mol. The van der Waals surface area contributed by atoms with Gasteiger partial charge in [-0.25, -0.2) is 4.98 Å². The molecule has 4 heteroatoms. The van der Waals surface area contributed by atoms with E-state index in [0.29, 0.717) is 6.42 Å². The van der Waals surface area contributed by atoms with Crippen LogP contribution in [0.4, 0.5) is 0 Å². The molecule has 0 atom stereocenters. The molecule has 66 valence electrons. The van der Waals surface area contributed by atoms with Gasteiger partial charge in [0.2, 0.25) is 0 Å². The first-order valence-corrected chi connectivity index (χ1v) is 3.99. The summed E-state index contributed by atoms with van der Waals surface area (Å²) in [6.45, 7) is 0.